The van der Waals surface area contributed by atoms with Gasteiger partial charge in [0.05, 0.1) is 5.01 Å². The van der Waals surface area contributed by atoms with Gasteiger partial charge >= 0.3 is 5.97 Å². The summed E-state index contributed by atoms with van der Waals surface area (Å²) in [7, 11) is 0. The number of rotatable bonds is 5. The van der Waals surface area contributed by atoms with Gasteiger partial charge in [0.25, 0.3) is 5.91 Å². The smallest absolute Gasteiger partial charge is 0.326 e. The number of carbonyl (C=O) groups excluding carboxylic acids is 1. The molecular weight excluding hydrogens is 292 g/mol. The summed E-state index contributed by atoms with van der Waals surface area (Å²) in [5, 5.41) is 23.2. The molecule has 2 rings (SSSR count). The van der Waals surface area contributed by atoms with Crippen molar-refractivity contribution in [1.29, 1.82) is 0 Å². The number of carboxylic acid groups (broad SMARTS) is 1. The number of benzene rings is 1. The fourth-order valence-electron chi connectivity index (χ4n) is 1.77. The maximum absolute atomic E-state index is 11.9. The number of amides is 1. The summed E-state index contributed by atoms with van der Waals surface area (Å²) < 4.78 is 0. The largest absolute Gasteiger partial charge is 0.508 e. The molecule has 1 amide bonds. The molecule has 1 heterocycles. The van der Waals surface area contributed by atoms with Crippen LogP contribution in [-0.4, -0.2) is 33.1 Å². The molecule has 1 unspecified atom stereocenters. The molecule has 0 aliphatic rings. The Morgan fingerprint density at radius 2 is 2.00 bits per heavy atom. The minimum atomic E-state index is -1.12. The van der Waals surface area contributed by atoms with Gasteiger partial charge in [0.1, 0.15) is 17.5 Å². The molecular formula is C14H14N2O4S. The van der Waals surface area contributed by atoms with E-state index in [1.165, 1.54) is 23.5 Å². The van der Waals surface area contributed by atoms with Gasteiger partial charge in [-0.3, -0.25) is 4.79 Å². The number of aryl methyl sites for hydroxylation is 1. The van der Waals surface area contributed by atoms with Crippen LogP contribution in [0.4, 0.5) is 0 Å². The molecule has 3 N–H and O–H groups in total. The van der Waals surface area contributed by atoms with Crippen LogP contribution in [0, 0.1) is 6.92 Å². The highest BCUT2D eigenvalue weighted by atomic mass is 32.1. The minimum absolute atomic E-state index is 0.104. The van der Waals surface area contributed by atoms with Crippen molar-refractivity contribution < 1.29 is 19.8 Å². The molecule has 0 fully saturated rings. The molecule has 1 atom stereocenters. The lowest BCUT2D eigenvalue weighted by Crippen LogP contribution is -2.42. The SMILES string of the molecule is Cc1nc(C(=O)NC(Cc2ccc(O)cc2)C(=O)O)cs1. The lowest BCUT2D eigenvalue weighted by molar-refractivity contribution is -0.139. The van der Waals surface area contributed by atoms with Gasteiger partial charge in [0, 0.05) is 11.8 Å². The highest BCUT2D eigenvalue weighted by Crippen LogP contribution is 2.12. The first-order valence-corrected chi connectivity index (χ1v) is 7.07. The van der Waals surface area contributed by atoms with Gasteiger partial charge in [-0.25, -0.2) is 9.78 Å². The monoisotopic (exact) mass is 306 g/mol. The van der Waals surface area contributed by atoms with E-state index in [1.54, 1.807) is 24.4 Å². The summed E-state index contributed by atoms with van der Waals surface area (Å²) in [4.78, 5) is 27.2. The van der Waals surface area contributed by atoms with Crippen LogP contribution >= 0.6 is 11.3 Å². The zero-order valence-electron chi connectivity index (χ0n) is 11.2. The Labute approximate surface area is 125 Å². The second-order valence-corrected chi connectivity index (χ2v) is 5.55. The Kier molecular flexibility index (Phi) is 4.54. The highest BCUT2D eigenvalue weighted by molar-refractivity contribution is 7.09. The number of phenolic OH excluding ortho intramolecular Hbond substituents is 1. The van der Waals surface area contributed by atoms with Crippen molar-refractivity contribution in [3.8, 4) is 5.75 Å². The van der Waals surface area contributed by atoms with Crippen molar-refractivity contribution in [2.45, 2.75) is 19.4 Å². The van der Waals surface area contributed by atoms with Crippen LogP contribution < -0.4 is 5.32 Å². The first-order chi connectivity index (χ1) is 9.95. The number of hydrogen-bond donors (Lipinski definition) is 3. The molecule has 0 saturated carbocycles. The Morgan fingerprint density at radius 1 is 1.33 bits per heavy atom. The van der Waals surface area contributed by atoms with Crippen LogP contribution in [0.2, 0.25) is 0 Å². The van der Waals surface area contributed by atoms with Gasteiger partial charge < -0.3 is 15.5 Å². The molecule has 1 aromatic heterocycles. The summed E-state index contributed by atoms with van der Waals surface area (Å²) in [5.41, 5.74) is 0.921. The third-order valence-electron chi connectivity index (χ3n) is 2.83. The number of aromatic hydroxyl groups is 1. The summed E-state index contributed by atoms with van der Waals surface area (Å²) in [5.74, 6) is -1.53. The Hall–Kier alpha value is -2.41. The summed E-state index contributed by atoms with van der Waals surface area (Å²) in [6.07, 6.45) is 0.129. The quantitative estimate of drug-likeness (QED) is 0.779. The zero-order chi connectivity index (χ0) is 15.4. The van der Waals surface area contributed by atoms with E-state index in [0.29, 0.717) is 5.56 Å². The highest BCUT2D eigenvalue weighted by Gasteiger charge is 2.22. The third-order valence-corrected chi connectivity index (χ3v) is 3.60. The maximum atomic E-state index is 11.9. The molecule has 0 spiro atoms. The third kappa shape index (κ3) is 4.03. The maximum Gasteiger partial charge on any atom is 0.326 e. The Bertz CT molecular complexity index is 651. The lowest BCUT2D eigenvalue weighted by Gasteiger charge is -2.13. The van der Waals surface area contributed by atoms with Crippen molar-refractivity contribution in [3.05, 3.63) is 45.9 Å². The number of nitrogens with zero attached hydrogens (tertiary/aromatic N) is 1. The number of carboxylic acids is 1. The van der Waals surface area contributed by atoms with Crippen LogP contribution in [0.25, 0.3) is 0 Å². The molecule has 6 nitrogen and oxygen atoms in total. The van der Waals surface area contributed by atoms with Gasteiger partial charge in [0.2, 0.25) is 0 Å². The molecule has 2 aromatic rings. The van der Waals surface area contributed by atoms with E-state index in [9.17, 15) is 19.8 Å². The average Bonchev–Trinajstić information content (AvgIpc) is 2.87. The number of aromatic nitrogens is 1. The van der Waals surface area contributed by atoms with Crippen molar-refractivity contribution in [2.24, 2.45) is 0 Å². The van der Waals surface area contributed by atoms with Crippen LogP contribution in [0.15, 0.2) is 29.6 Å². The van der Waals surface area contributed by atoms with E-state index >= 15 is 0 Å². The number of nitrogens with one attached hydrogen (secondary N) is 1. The zero-order valence-corrected chi connectivity index (χ0v) is 12.1. The van der Waals surface area contributed by atoms with Crippen LogP contribution in [0.5, 0.6) is 5.75 Å². The number of hydrogen-bond acceptors (Lipinski definition) is 5. The average molecular weight is 306 g/mol. The standard InChI is InChI=1S/C14H14N2O4S/c1-8-15-12(7-21-8)13(18)16-11(14(19)20)6-9-2-4-10(17)5-3-9/h2-5,7,11,17H,6H2,1H3,(H,16,18)(H,19,20). The molecule has 0 radical (unpaired) electrons. The predicted molar refractivity (Wildman–Crippen MR) is 77.6 cm³/mol. The van der Waals surface area contributed by atoms with Gasteiger partial charge in [-0.2, -0.15) is 0 Å². The number of thiazole rings is 1. The molecule has 0 saturated heterocycles. The van der Waals surface area contributed by atoms with E-state index in [2.05, 4.69) is 10.3 Å². The number of carbonyl (C=O) groups is 2. The van der Waals surface area contributed by atoms with Gasteiger partial charge in [-0.1, -0.05) is 12.1 Å². The van der Waals surface area contributed by atoms with E-state index in [1.807, 2.05) is 0 Å². The summed E-state index contributed by atoms with van der Waals surface area (Å²) in [6, 6.07) is 5.12. The first-order valence-electron chi connectivity index (χ1n) is 6.19. The summed E-state index contributed by atoms with van der Waals surface area (Å²) >= 11 is 1.33. The molecule has 110 valence electrons. The van der Waals surface area contributed by atoms with Crippen LogP contribution in [-0.2, 0) is 11.2 Å². The van der Waals surface area contributed by atoms with E-state index in [0.717, 1.165) is 5.01 Å². The van der Waals surface area contributed by atoms with Crippen LogP contribution in [0.1, 0.15) is 21.1 Å². The lowest BCUT2D eigenvalue weighted by atomic mass is 10.1. The van der Waals surface area contributed by atoms with E-state index in [-0.39, 0.29) is 17.9 Å². The van der Waals surface area contributed by atoms with Gasteiger partial charge in [0.15, 0.2) is 0 Å². The van der Waals surface area contributed by atoms with E-state index < -0.39 is 17.9 Å². The molecule has 1 aromatic carbocycles. The topological polar surface area (TPSA) is 99.5 Å². The van der Waals surface area contributed by atoms with Crippen molar-refractivity contribution in [2.75, 3.05) is 0 Å². The number of phenols is 1. The second-order valence-electron chi connectivity index (χ2n) is 4.49. The normalized spacial score (nSPS) is 11.9. The first kappa shape index (κ1) is 15.0. The fraction of sp³-hybridized carbons (Fsp3) is 0.214. The van der Waals surface area contributed by atoms with Gasteiger partial charge in [-0.05, 0) is 24.6 Å². The van der Waals surface area contributed by atoms with Crippen molar-refractivity contribution >= 4 is 23.2 Å². The van der Waals surface area contributed by atoms with Crippen molar-refractivity contribution in [3.63, 3.8) is 0 Å². The summed E-state index contributed by atoms with van der Waals surface area (Å²) in [6.45, 7) is 1.77. The van der Waals surface area contributed by atoms with E-state index in [4.69, 9.17) is 0 Å². The second kappa shape index (κ2) is 6.36. The van der Waals surface area contributed by atoms with Crippen LogP contribution in [0.3, 0.4) is 0 Å². The molecule has 21 heavy (non-hydrogen) atoms. The minimum Gasteiger partial charge on any atom is -0.508 e. The predicted octanol–water partition coefficient (Wildman–Crippen LogP) is 1.58. The Balaban J connectivity index is 2.07. The molecule has 0 bridgehead atoms. The molecule has 0 aliphatic heterocycles. The number of aliphatic carboxylic acids is 1. The fourth-order valence-corrected chi connectivity index (χ4v) is 2.36. The molecule has 0 aliphatic carbocycles. The molecule has 7 heteroatoms. The van der Waals surface area contributed by atoms with Gasteiger partial charge in [-0.15, -0.1) is 11.3 Å². The Morgan fingerprint density at radius 3 is 2.52 bits per heavy atom. The van der Waals surface area contributed by atoms with Crippen molar-refractivity contribution in [1.82, 2.24) is 10.3 Å².